The van der Waals surface area contributed by atoms with E-state index in [-0.39, 0.29) is 36.0 Å². The lowest BCUT2D eigenvalue weighted by Crippen LogP contribution is -2.29. The first-order chi connectivity index (χ1) is 20.4. The summed E-state index contributed by atoms with van der Waals surface area (Å²) in [5.74, 6) is -0.110. The Morgan fingerprint density at radius 1 is 0.628 bits per heavy atom. The molecule has 2 amide bonds. The molecule has 2 aliphatic heterocycles. The van der Waals surface area contributed by atoms with Gasteiger partial charge in [0.25, 0.3) is 11.8 Å². The second kappa shape index (κ2) is 12.6. The van der Waals surface area contributed by atoms with Crippen LogP contribution in [0.5, 0.6) is 11.5 Å². The number of phenols is 2. The van der Waals surface area contributed by atoms with Crippen molar-refractivity contribution < 1.29 is 36.6 Å². The molecule has 14 heteroatoms. The molecule has 0 aromatic heterocycles. The van der Waals surface area contributed by atoms with E-state index >= 15 is 0 Å². The number of nitrogens with zero attached hydrogens (tertiary/aromatic N) is 2. The SMILES string of the molecule is O=C1CN(c2ccc(CC3CCCC3)cc2O)S(=O)(=O)N1.O=C1CN(c2ccc(CC3CCCCC3)cc2O)S(=O)(=O)N1. The summed E-state index contributed by atoms with van der Waals surface area (Å²) in [4.78, 5) is 22.5. The summed E-state index contributed by atoms with van der Waals surface area (Å²) in [7, 11) is -7.75. The van der Waals surface area contributed by atoms with Crippen LogP contribution in [0.4, 0.5) is 11.4 Å². The van der Waals surface area contributed by atoms with Crippen LogP contribution in [0.1, 0.15) is 68.9 Å². The van der Waals surface area contributed by atoms with E-state index < -0.39 is 32.2 Å². The first kappa shape index (κ1) is 30.9. The van der Waals surface area contributed by atoms with E-state index in [1.807, 2.05) is 21.6 Å². The van der Waals surface area contributed by atoms with Crippen molar-refractivity contribution in [3.05, 3.63) is 47.5 Å². The molecule has 0 bridgehead atoms. The Hall–Kier alpha value is -3.52. The molecule has 0 unspecified atom stereocenters. The molecule has 4 N–H and O–H groups in total. The van der Waals surface area contributed by atoms with Gasteiger partial charge in [-0.15, -0.1) is 0 Å². The number of carbonyl (C=O) groups excluding carboxylic acids is 2. The summed E-state index contributed by atoms with van der Waals surface area (Å²) in [6, 6.07) is 10.0. The maximum absolute atomic E-state index is 11.8. The van der Waals surface area contributed by atoms with E-state index in [0.29, 0.717) is 11.8 Å². The predicted molar refractivity (Wildman–Crippen MR) is 161 cm³/mol. The smallest absolute Gasteiger partial charge is 0.326 e. The number of hydrogen-bond acceptors (Lipinski definition) is 8. The molecule has 6 rings (SSSR count). The summed E-state index contributed by atoms with van der Waals surface area (Å²) in [6.07, 6.45) is 13.0. The van der Waals surface area contributed by atoms with Crippen LogP contribution in [0.2, 0.25) is 0 Å². The molecule has 4 aliphatic rings. The monoisotopic (exact) mass is 634 g/mol. The van der Waals surface area contributed by atoms with Crippen LogP contribution in [-0.2, 0) is 42.8 Å². The number of aromatic hydroxyl groups is 2. The van der Waals surface area contributed by atoms with E-state index in [9.17, 15) is 36.6 Å². The van der Waals surface area contributed by atoms with Crippen LogP contribution in [0.3, 0.4) is 0 Å². The number of rotatable bonds is 6. The second-order valence-electron chi connectivity index (χ2n) is 11.8. The molecule has 0 atom stereocenters. The molecular weight excluding hydrogens is 596 g/mol. The van der Waals surface area contributed by atoms with Gasteiger partial charge in [-0.1, -0.05) is 69.9 Å². The van der Waals surface area contributed by atoms with Crippen LogP contribution in [0.25, 0.3) is 0 Å². The zero-order valence-electron chi connectivity index (χ0n) is 23.9. The van der Waals surface area contributed by atoms with Crippen molar-refractivity contribution in [1.82, 2.24) is 9.44 Å². The lowest BCUT2D eigenvalue weighted by atomic mass is 9.85. The minimum absolute atomic E-state index is 0.103. The zero-order valence-corrected chi connectivity index (χ0v) is 25.5. The van der Waals surface area contributed by atoms with Gasteiger partial charge >= 0.3 is 20.4 Å². The lowest BCUT2D eigenvalue weighted by Gasteiger charge is -2.22. The Morgan fingerprint density at radius 3 is 1.33 bits per heavy atom. The largest absolute Gasteiger partial charge is 0.506 e. The van der Waals surface area contributed by atoms with E-state index in [0.717, 1.165) is 32.6 Å². The van der Waals surface area contributed by atoms with Gasteiger partial charge in [0.15, 0.2) is 0 Å². The molecule has 4 fully saturated rings. The van der Waals surface area contributed by atoms with Gasteiger partial charge < -0.3 is 10.2 Å². The van der Waals surface area contributed by atoms with E-state index in [1.54, 1.807) is 24.3 Å². The summed E-state index contributed by atoms with van der Waals surface area (Å²) >= 11 is 0. The first-order valence-electron chi connectivity index (χ1n) is 14.7. The molecule has 2 saturated carbocycles. The van der Waals surface area contributed by atoms with E-state index in [2.05, 4.69) is 0 Å². The number of carbonyl (C=O) groups is 2. The molecule has 234 valence electrons. The van der Waals surface area contributed by atoms with Crippen LogP contribution >= 0.6 is 0 Å². The highest BCUT2D eigenvalue weighted by Crippen LogP contribution is 2.35. The second-order valence-corrected chi connectivity index (χ2v) is 15.0. The normalized spacial score (nSPS) is 21.8. The molecular formula is C29H38N4O8S2. The van der Waals surface area contributed by atoms with Crippen molar-refractivity contribution in [3.8, 4) is 11.5 Å². The summed E-state index contributed by atoms with van der Waals surface area (Å²) in [5, 5.41) is 20.3. The van der Waals surface area contributed by atoms with Crippen molar-refractivity contribution in [1.29, 1.82) is 0 Å². The quantitative estimate of drug-likeness (QED) is 0.375. The van der Waals surface area contributed by atoms with Gasteiger partial charge in [-0.2, -0.15) is 16.8 Å². The van der Waals surface area contributed by atoms with Gasteiger partial charge in [-0.05, 0) is 60.1 Å². The molecule has 0 spiro atoms. The number of hydrogen-bond donors (Lipinski definition) is 4. The molecule has 2 aromatic carbocycles. The van der Waals surface area contributed by atoms with Gasteiger partial charge in [0, 0.05) is 0 Å². The Balaban J connectivity index is 0.000000171. The predicted octanol–water partition coefficient (Wildman–Crippen LogP) is 3.00. The molecule has 12 nitrogen and oxygen atoms in total. The fourth-order valence-electron chi connectivity index (χ4n) is 6.41. The Morgan fingerprint density at radius 2 is 1.00 bits per heavy atom. The zero-order chi connectivity index (χ0) is 30.8. The average Bonchev–Trinajstić information content (AvgIpc) is 3.61. The molecule has 43 heavy (non-hydrogen) atoms. The fraction of sp³-hybridized carbons (Fsp3) is 0.517. The minimum atomic E-state index is -3.88. The number of amides is 2. The molecule has 0 radical (unpaired) electrons. The van der Waals surface area contributed by atoms with Crippen molar-refractivity contribution in [2.45, 2.75) is 70.6 Å². The number of phenolic OH excluding ortho intramolecular Hbond substituents is 2. The third kappa shape index (κ3) is 7.35. The van der Waals surface area contributed by atoms with Gasteiger partial charge in [-0.25, -0.2) is 18.1 Å². The number of benzene rings is 2. The summed E-state index contributed by atoms with van der Waals surface area (Å²) in [6.45, 7) is -0.588. The summed E-state index contributed by atoms with van der Waals surface area (Å²) < 4.78 is 52.7. The lowest BCUT2D eigenvalue weighted by molar-refractivity contribution is -0.118. The Bertz CT molecular complexity index is 1580. The summed E-state index contributed by atoms with van der Waals surface area (Å²) in [5.41, 5.74) is 2.29. The Labute approximate surface area is 252 Å². The topological polar surface area (TPSA) is 173 Å². The highest BCUT2D eigenvalue weighted by Gasteiger charge is 2.36. The van der Waals surface area contributed by atoms with Gasteiger partial charge in [-0.3, -0.25) is 9.59 Å². The van der Waals surface area contributed by atoms with Crippen molar-refractivity contribution in [2.24, 2.45) is 11.8 Å². The molecule has 2 aromatic rings. The molecule has 2 heterocycles. The standard InChI is InChI=1S/C15H20N2O4S.C14H18N2O4S/c18-14-9-12(8-11-4-2-1-3-5-11)6-7-13(14)17-10-15(19)16-22(17,20)21;17-13-8-11(7-10-3-1-2-4-10)5-6-12(13)16-9-14(18)15-21(16,19)20/h6-7,9,11,18H,1-5,8,10H2,(H,16,19);5-6,8,10,17H,1-4,7,9H2,(H,15,18). The van der Waals surface area contributed by atoms with Gasteiger partial charge in [0.1, 0.15) is 24.6 Å². The van der Waals surface area contributed by atoms with Crippen LogP contribution < -0.4 is 18.1 Å². The maximum Gasteiger partial charge on any atom is 0.326 e. The minimum Gasteiger partial charge on any atom is -0.506 e. The van der Waals surface area contributed by atoms with Crippen molar-refractivity contribution in [3.63, 3.8) is 0 Å². The van der Waals surface area contributed by atoms with Crippen molar-refractivity contribution in [2.75, 3.05) is 21.7 Å². The third-order valence-corrected chi connectivity index (χ3v) is 11.3. The third-order valence-electron chi connectivity index (χ3n) is 8.51. The molecule has 2 saturated heterocycles. The van der Waals surface area contributed by atoms with Crippen LogP contribution in [0.15, 0.2) is 36.4 Å². The highest BCUT2D eigenvalue weighted by atomic mass is 32.2. The van der Waals surface area contributed by atoms with E-state index in [4.69, 9.17) is 0 Å². The van der Waals surface area contributed by atoms with Crippen LogP contribution in [0, 0.1) is 11.8 Å². The first-order valence-corrected chi connectivity index (χ1v) is 17.6. The van der Waals surface area contributed by atoms with E-state index in [1.165, 1.54) is 57.8 Å². The highest BCUT2D eigenvalue weighted by molar-refractivity contribution is 7.92. The van der Waals surface area contributed by atoms with Gasteiger partial charge in [0.05, 0.1) is 11.4 Å². The van der Waals surface area contributed by atoms with Gasteiger partial charge in [0.2, 0.25) is 0 Å². The van der Waals surface area contributed by atoms with Crippen LogP contribution in [-0.4, -0.2) is 52.0 Å². The number of anilines is 2. The maximum atomic E-state index is 11.8. The Kier molecular flexibility index (Phi) is 9.07. The number of nitrogens with one attached hydrogen (secondary N) is 2. The fourth-order valence-corrected chi connectivity index (χ4v) is 8.73. The van der Waals surface area contributed by atoms with Crippen molar-refractivity contribution >= 4 is 43.6 Å². The molecule has 2 aliphatic carbocycles. The average molecular weight is 635 g/mol.